The van der Waals surface area contributed by atoms with Crippen molar-refractivity contribution in [3.63, 3.8) is 0 Å². The first kappa shape index (κ1) is 39.0. The number of pyridine rings is 1. The number of carboxylic acids is 1. The van der Waals surface area contributed by atoms with E-state index in [2.05, 4.69) is 45.0 Å². The minimum absolute atomic E-state index is 0.0249. The molecule has 1 aromatic carbocycles. The molecule has 2 saturated carbocycles. The van der Waals surface area contributed by atoms with Gasteiger partial charge in [0.15, 0.2) is 5.13 Å². The Morgan fingerprint density at radius 1 is 1.13 bits per heavy atom. The van der Waals surface area contributed by atoms with Crippen LogP contribution in [0.25, 0.3) is 22.3 Å². The molecule has 0 radical (unpaired) electrons. The lowest BCUT2D eigenvalue weighted by atomic mass is 10.1. The van der Waals surface area contributed by atoms with Gasteiger partial charge in [0.1, 0.15) is 47.0 Å². The van der Waals surface area contributed by atoms with E-state index in [1.165, 1.54) is 22.3 Å². The molecule has 1 saturated heterocycles. The summed E-state index contributed by atoms with van der Waals surface area (Å²) in [7, 11) is 1.56. The first-order valence-corrected chi connectivity index (χ1v) is 19.6. The van der Waals surface area contributed by atoms with E-state index in [-0.39, 0.29) is 31.5 Å². The average Bonchev–Trinajstić information content (AvgIpc) is 3.53. The van der Waals surface area contributed by atoms with Crippen molar-refractivity contribution in [1.82, 2.24) is 25.5 Å². The van der Waals surface area contributed by atoms with Crippen LogP contribution in [0.2, 0.25) is 0 Å². The highest BCUT2D eigenvalue weighted by Crippen LogP contribution is 2.45. The second-order valence-corrected chi connectivity index (χ2v) is 16.0. The van der Waals surface area contributed by atoms with Crippen LogP contribution in [0.5, 0.6) is 11.5 Å². The molecule has 0 spiro atoms. The number of carbonyl (C=O) groups is 4. The molecule has 3 heterocycles. The molecule has 3 aliphatic rings. The van der Waals surface area contributed by atoms with Crippen molar-refractivity contribution in [1.29, 1.82) is 0 Å². The number of ether oxygens (including phenoxy) is 3. The third kappa shape index (κ3) is 8.04. The van der Waals surface area contributed by atoms with Gasteiger partial charge in [-0.15, -0.1) is 17.9 Å². The maximum absolute atomic E-state index is 14.3. The number of rotatable bonds is 14. The molecule has 0 unspecified atom stereocenters. The second kappa shape index (κ2) is 16.0. The van der Waals surface area contributed by atoms with Crippen LogP contribution in [0.1, 0.15) is 59.3 Å². The van der Waals surface area contributed by atoms with Crippen LogP contribution in [0, 0.1) is 5.92 Å². The number of carbonyl (C=O) groups excluding carboxylic acids is 3. The number of amides is 3. The van der Waals surface area contributed by atoms with E-state index in [1.807, 2.05) is 25.3 Å². The molecule has 2 aromatic heterocycles. The van der Waals surface area contributed by atoms with Crippen molar-refractivity contribution in [3.8, 4) is 22.9 Å². The molecule has 54 heavy (non-hydrogen) atoms. The van der Waals surface area contributed by atoms with Gasteiger partial charge in [0, 0.05) is 35.2 Å². The van der Waals surface area contributed by atoms with Gasteiger partial charge in [0.2, 0.25) is 11.8 Å². The van der Waals surface area contributed by atoms with Crippen LogP contribution in [-0.2, 0) is 19.1 Å². The Kier molecular flexibility index (Phi) is 11.5. The Morgan fingerprint density at radius 3 is 2.50 bits per heavy atom. The fourth-order valence-electron chi connectivity index (χ4n) is 7.04. The maximum Gasteiger partial charge on any atom is 0.408 e. The summed E-state index contributed by atoms with van der Waals surface area (Å²) in [5.41, 5.74) is 0.501. The van der Waals surface area contributed by atoms with Gasteiger partial charge in [-0.25, -0.2) is 19.6 Å². The number of halogens is 1. The highest BCUT2D eigenvalue weighted by molar-refractivity contribution is 9.10. The van der Waals surface area contributed by atoms with E-state index in [9.17, 15) is 24.3 Å². The number of nitrogens with one attached hydrogen (secondary N) is 3. The molecule has 1 aliphatic heterocycles. The summed E-state index contributed by atoms with van der Waals surface area (Å²) in [6, 6.07) is 3.19. The first-order chi connectivity index (χ1) is 25.7. The smallest absolute Gasteiger partial charge is 0.408 e. The van der Waals surface area contributed by atoms with Crippen molar-refractivity contribution in [2.45, 2.75) is 95.2 Å². The van der Waals surface area contributed by atoms with E-state index in [1.54, 1.807) is 26.2 Å². The number of hydrogen-bond acceptors (Lipinski definition) is 11. The molecular weight excluding hydrogens is 780 g/mol. The number of benzene rings is 1. The number of hydrogen-bond donors (Lipinski definition) is 4. The Balaban J connectivity index is 1.33. The number of thiazole rings is 1. The van der Waals surface area contributed by atoms with Crippen molar-refractivity contribution in [2.75, 3.05) is 19.0 Å². The minimum Gasteiger partial charge on any atom is -0.495 e. The Bertz CT molecular complexity index is 1980. The van der Waals surface area contributed by atoms with Gasteiger partial charge in [-0.2, -0.15) is 0 Å². The molecule has 3 amide bonds. The van der Waals surface area contributed by atoms with Gasteiger partial charge in [0.25, 0.3) is 0 Å². The molecular formula is C38H45BrN6O8S. The lowest BCUT2D eigenvalue weighted by molar-refractivity contribution is -0.145. The molecule has 16 heteroatoms. The third-order valence-electron chi connectivity index (χ3n) is 9.99. The van der Waals surface area contributed by atoms with Gasteiger partial charge in [-0.05, 0) is 86.5 Å². The third-order valence-corrected chi connectivity index (χ3v) is 11.5. The topological polar surface area (TPSA) is 181 Å². The second-order valence-electron chi connectivity index (χ2n) is 14.4. The van der Waals surface area contributed by atoms with Gasteiger partial charge in [-0.3, -0.25) is 9.59 Å². The zero-order chi connectivity index (χ0) is 38.9. The number of carboxylic acid groups (broad SMARTS) is 1. The molecule has 5 atom stereocenters. The molecule has 14 nitrogen and oxygen atoms in total. The summed E-state index contributed by atoms with van der Waals surface area (Å²) < 4.78 is 18.4. The number of nitrogens with zero attached hydrogens (tertiary/aromatic N) is 3. The fourth-order valence-corrected chi connectivity index (χ4v) is 8.49. The van der Waals surface area contributed by atoms with Crippen LogP contribution >= 0.6 is 27.3 Å². The van der Waals surface area contributed by atoms with Crippen LogP contribution in [0.3, 0.4) is 0 Å². The molecule has 3 fully saturated rings. The highest BCUT2D eigenvalue weighted by Gasteiger charge is 2.61. The minimum atomic E-state index is -1.53. The number of fused-ring (bicyclic) bond motifs is 1. The summed E-state index contributed by atoms with van der Waals surface area (Å²) in [6.45, 7) is 13.3. The maximum atomic E-state index is 14.3. The summed E-state index contributed by atoms with van der Waals surface area (Å²) in [6.07, 6.45) is 3.38. The lowest BCUT2D eigenvalue weighted by Gasteiger charge is -2.29. The van der Waals surface area contributed by atoms with Crippen molar-refractivity contribution in [2.24, 2.45) is 5.92 Å². The van der Waals surface area contributed by atoms with Gasteiger partial charge < -0.3 is 40.2 Å². The Hall–Kier alpha value is -4.70. The van der Waals surface area contributed by atoms with Gasteiger partial charge in [-0.1, -0.05) is 12.7 Å². The molecule has 2 aliphatic carbocycles. The SMILES string of the molecule is C=C[C@@H]1C[C@]1(NC(=O)[C@@H]1C[C@@H](Oc2cc(-c3csc(NC(C)C)n3)nc3c(Br)c(OC)ccc23)CN1C(=O)[C@@H](NC(=O)OC1CCCC1)C(=C)C)C(=O)O. The van der Waals surface area contributed by atoms with Crippen LogP contribution in [0.4, 0.5) is 9.93 Å². The number of aliphatic carboxylic acids is 1. The zero-order valence-electron chi connectivity index (χ0n) is 30.6. The van der Waals surface area contributed by atoms with E-state index < -0.39 is 53.5 Å². The first-order valence-electron chi connectivity index (χ1n) is 17.9. The van der Waals surface area contributed by atoms with Gasteiger partial charge in [0.05, 0.1) is 29.3 Å². The van der Waals surface area contributed by atoms with Crippen molar-refractivity contribution < 1.29 is 38.5 Å². The summed E-state index contributed by atoms with van der Waals surface area (Å²) in [5.74, 6) is -1.93. The van der Waals surface area contributed by atoms with Crippen LogP contribution < -0.4 is 25.4 Å². The Labute approximate surface area is 325 Å². The predicted molar refractivity (Wildman–Crippen MR) is 208 cm³/mol. The Morgan fingerprint density at radius 2 is 1.87 bits per heavy atom. The highest BCUT2D eigenvalue weighted by atomic mass is 79.9. The summed E-state index contributed by atoms with van der Waals surface area (Å²) in [5, 5.41) is 22.0. The fraction of sp³-hybridized carbons (Fsp3) is 0.474. The number of likely N-dealkylation sites (tertiary alicyclic amines) is 1. The molecule has 4 N–H and O–H groups in total. The summed E-state index contributed by atoms with van der Waals surface area (Å²) in [4.78, 5) is 64.6. The predicted octanol–water partition coefficient (Wildman–Crippen LogP) is 6.06. The number of aromatic nitrogens is 2. The molecule has 3 aromatic rings. The molecule has 6 rings (SSSR count). The van der Waals surface area contributed by atoms with E-state index in [0.717, 1.165) is 30.8 Å². The number of methoxy groups -OCH3 is 1. The standard InChI is InChI=1S/C38H45BrN6O8S/c1-7-21-16-38(21,35(48)49)44-33(46)27-14-23(17-45(27)34(47)31(19(2)3)43-37(50)53-22-10-8-9-11-22)52-29-15-25(26-18-54-36(42-26)40-20(4)5)41-32-24(29)12-13-28(51-6)30(32)39/h7,12-13,15,18,20-23,27,31H,1-2,8-11,14,16-17H2,3-6H3,(H,40,42)(H,43,50)(H,44,46)(H,48,49)/t21-,23-,27+,31+,38-/m1/s1. The van der Waals surface area contributed by atoms with Gasteiger partial charge >= 0.3 is 12.1 Å². The average molecular weight is 826 g/mol. The van der Waals surface area contributed by atoms with E-state index in [0.29, 0.717) is 43.8 Å². The van der Waals surface area contributed by atoms with Crippen LogP contribution in [-0.4, -0.2) is 93.4 Å². The van der Waals surface area contributed by atoms with Crippen LogP contribution in [0.15, 0.2) is 52.9 Å². The monoisotopic (exact) mass is 824 g/mol. The van der Waals surface area contributed by atoms with E-state index in [4.69, 9.17) is 24.2 Å². The lowest BCUT2D eigenvalue weighted by Crippen LogP contribution is -2.56. The summed E-state index contributed by atoms with van der Waals surface area (Å²) >= 11 is 5.08. The zero-order valence-corrected chi connectivity index (χ0v) is 33.1. The number of alkyl carbamates (subject to hydrolysis) is 1. The molecule has 288 valence electrons. The van der Waals surface area contributed by atoms with Crippen molar-refractivity contribution >= 4 is 67.2 Å². The molecule has 0 bridgehead atoms. The number of anilines is 1. The largest absolute Gasteiger partial charge is 0.495 e. The van der Waals surface area contributed by atoms with Crippen molar-refractivity contribution in [3.05, 3.63) is 52.9 Å². The normalized spacial score (nSPS) is 22.8. The van der Waals surface area contributed by atoms with E-state index >= 15 is 0 Å². The quantitative estimate of drug-likeness (QED) is 0.139.